The Balaban J connectivity index is 1.29. The van der Waals surface area contributed by atoms with Gasteiger partial charge >= 0.3 is 5.97 Å². The van der Waals surface area contributed by atoms with Gasteiger partial charge in [-0.15, -0.1) is 11.8 Å². The van der Waals surface area contributed by atoms with E-state index in [1.165, 1.54) is 11.8 Å². The maximum atomic E-state index is 12.6. The van der Waals surface area contributed by atoms with Crippen molar-refractivity contribution < 1.29 is 28.6 Å². The number of halogens is 1. The molecule has 2 amide bonds. The lowest BCUT2D eigenvalue weighted by Crippen LogP contribution is -2.21. The van der Waals surface area contributed by atoms with Gasteiger partial charge < -0.3 is 24.8 Å². The molecule has 3 aromatic carbocycles. The maximum Gasteiger partial charge on any atom is 0.339 e. The molecule has 0 unspecified atom stereocenters. The van der Waals surface area contributed by atoms with Gasteiger partial charge in [-0.2, -0.15) is 0 Å². The summed E-state index contributed by atoms with van der Waals surface area (Å²) in [5.41, 5.74) is 1.38. The quantitative estimate of drug-likeness (QED) is 0.345. The van der Waals surface area contributed by atoms with Crippen LogP contribution in [-0.2, 0) is 14.3 Å². The number of hydrogen-bond acceptors (Lipinski definition) is 7. The summed E-state index contributed by atoms with van der Waals surface area (Å²) in [4.78, 5) is 37.6. The molecule has 2 N–H and O–H groups in total. The molecule has 0 atom stereocenters. The molecule has 10 heteroatoms. The summed E-state index contributed by atoms with van der Waals surface area (Å²) in [5, 5.41) is 5.95. The summed E-state index contributed by atoms with van der Waals surface area (Å²) in [6, 6.07) is 18.4. The summed E-state index contributed by atoms with van der Waals surface area (Å²) >= 11 is 7.01. The number of carbonyl (C=O) groups is 3. The molecule has 0 saturated heterocycles. The van der Waals surface area contributed by atoms with Crippen molar-refractivity contribution in [2.45, 2.75) is 4.90 Å². The second-order valence-corrected chi connectivity index (χ2v) is 8.49. The first-order valence-electron chi connectivity index (χ1n) is 10.1. The number of thioether (sulfide) groups is 1. The van der Waals surface area contributed by atoms with E-state index in [9.17, 15) is 14.4 Å². The Morgan fingerprint density at radius 2 is 1.59 bits per heavy atom. The van der Waals surface area contributed by atoms with Gasteiger partial charge in [-0.05, 0) is 48.5 Å². The van der Waals surface area contributed by atoms with Gasteiger partial charge in [0.2, 0.25) is 12.7 Å². The second-order valence-electron chi connectivity index (χ2n) is 7.03. The van der Waals surface area contributed by atoms with Gasteiger partial charge in [0.15, 0.2) is 18.1 Å². The Morgan fingerprint density at radius 3 is 2.41 bits per heavy atom. The van der Waals surface area contributed by atoms with Crippen molar-refractivity contribution in [3.63, 3.8) is 0 Å². The Kier molecular flexibility index (Phi) is 7.56. The lowest BCUT2D eigenvalue weighted by molar-refractivity contribution is -0.119. The smallest absolute Gasteiger partial charge is 0.339 e. The van der Waals surface area contributed by atoms with Crippen molar-refractivity contribution in [2.75, 3.05) is 29.8 Å². The number of esters is 1. The minimum Gasteiger partial charge on any atom is -0.454 e. The minimum atomic E-state index is -0.662. The molecule has 3 aromatic rings. The summed E-state index contributed by atoms with van der Waals surface area (Å²) < 4.78 is 15.7. The Labute approximate surface area is 204 Å². The van der Waals surface area contributed by atoms with Crippen molar-refractivity contribution in [1.82, 2.24) is 0 Å². The first-order valence-corrected chi connectivity index (χ1v) is 11.5. The number of anilines is 2. The highest BCUT2D eigenvalue weighted by atomic mass is 35.5. The highest BCUT2D eigenvalue weighted by molar-refractivity contribution is 8.00. The fourth-order valence-electron chi connectivity index (χ4n) is 3.01. The zero-order chi connectivity index (χ0) is 23.9. The lowest BCUT2D eigenvalue weighted by atomic mass is 10.2. The summed E-state index contributed by atoms with van der Waals surface area (Å²) in [7, 11) is 0. The van der Waals surface area contributed by atoms with Crippen molar-refractivity contribution in [2.24, 2.45) is 0 Å². The number of fused-ring (bicyclic) bond motifs is 1. The molecule has 0 bridgehead atoms. The van der Waals surface area contributed by atoms with Crippen molar-refractivity contribution in [3.8, 4) is 11.5 Å². The molecule has 174 valence electrons. The van der Waals surface area contributed by atoms with Crippen LogP contribution >= 0.6 is 23.4 Å². The Hall–Kier alpha value is -3.69. The van der Waals surface area contributed by atoms with E-state index in [4.69, 9.17) is 25.8 Å². The maximum absolute atomic E-state index is 12.6. The summed E-state index contributed by atoms with van der Waals surface area (Å²) in [6.45, 7) is -0.302. The predicted octanol–water partition coefficient (Wildman–Crippen LogP) is 4.60. The fourth-order valence-corrected chi connectivity index (χ4v) is 3.98. The van der Waals surface area contributed by atoms with Crippen molar-refractivity contribution in [3.05, 3.63) is 77.3 Å². The summed E-state index contributed by atoms with van der Waals surface area (Å²) in [5.74, 6) is -0.139. The number of nitrogens with one attached hydrogen (secondary N) is 2. The first kappa shape index (κ1) is 23.5. The highest BCUT2D eigenvalue weighted by Crippen LogP contribution is 2.34. The van der Waals surface area contributed by atoms with Crippen LogP contribution in [0.15, 0.2) is 71.6 Å². The zero-order valence-electron chi connectivity index (χ0n) is 17.7. The van der Waals surface area contributed by atoms with Crippen LogP contribution in [-0.4, -0.2) is 36.9 Å². The average Bonchev–Trinajstić information content (AvgIpc) is 3.31. The molecule has 1 heterocycles. The topological polar surface area (TPSA) is 103 Å². The molecular weight excluding hydrogens is 480 g/mol. The first-order chi connectivity index (χ1) is 16.5. The van der Waals surface area contributed by atoms with Crippen molar-refractivity contribution >= 4 is 52.5 Å². The van der Waals surface area contributed by atoms with Crippen LogP contribution in [0.1, 0.15) is 10.4 Å². The van der Waals surface area contributed by atoms with Crippen LogP contribution in [0.3, 0.4) is 0 Å². The van der Waals surface area contributed by atoms with Crippen LogP contribution in [0.4, 0.5) is 11.4 Å². The van der Waals surface area contributed by atoms with E-state index in [2.05, 4.69) is 10.6 Å². The number of hydrogen-bond donors (Lipinski definition) is 2. The van der Waals surface area contributed by atoms with Gasteiger partial charge in [-0.1, -0.05) is 23.7 Å². The molecule has 0 aromatic heterocycles. The van der Waals surface area contributed by atoms with Gasteiger partial charge in [0.05, 0.1) is 11.3 Å². The van der Waals surface area contributed by atoms with Gasteiger partial charge in [-0.3, -0.25) is 9.59 Å². The molecule has 1 aliphatic heterocycles. The van der Waals surface area contributed by atoms with E-state index in [-0.39, 0.29) is 24.0 Å². The van der Waals surface area contributed by atoms with E-state index in [1.807, 2.05) is 0 Å². The molecule has 0 spiro atoms. The number of benzene rings is 3. The average molecular weight is 499 g/mol. The Bertz CT molecular complexity index is 1220. The minimum absolute atomic E-state index is 0.0653. The van der Waals surface area contributed by atoms with E-state index in [0.29, 0.717) is 32.8 Å². The van der Waals surface area contributed by atoms with Crippen molar-refractivity contribution in [1.29, 1.82) is 0 Å². The van der Waals surface area contributed by atoms with Crippen LogP contribution in [0.5, 0.6) is 11.5 Å². The second kappa shape index (κ2) is 11.0. The standard InChI is InChI=1S/C24H19ClN2O6S/c25-15-5-7-16(8-6-15)26-22(28)12-31-24(30)18-3-1-2-4-21(18)34-13-23(29)27-17-9-10-19-20(11-17)33-14-32-19/h1-11H,12-14H2,(H,26,28)(H,27,29). The molecular formula is C24H19ClN2O6S. The van der Waals surface area contributed by atoms with E-state index in [1.54, 1.807) is 66.7 Å². The predicted molar refractivity (Wildman–Crippen MR) is 129 cm³/mol. The number of carbonyl (C=O) groups excluding carboxylic acids is 3. The van der Waals surface area contributed by atoms with Crippen LogP contribution in [0, 0.1) is 0 Å². The SMILES string of the molecule is O=C(COC(=O)c1ccccc1SCC(=O)Nc1ccc2c(c1)OCO2)Nc1ccc(Cl)cc1. The van der Waals surface area contributed by atoms with E-state index >= 15 is 0 Å². The number of ether oxygens (including phenoxy) is 3. The molecule has 34 heavy (non-hydrogen) atoms. The Morgan fingerprint density at radius 1 is 0.882 bits per heavy atom. The number of amides is 2. The van der Waals surface area contributed by atoms with Gasteiger partial charge in [0.1, 0.15) is 0 Å². The van der Waals surface area contributed by atoms with E-state index < -0.39 is 18.5 Å². The van der Waals surface area contributed by atoms with Gasteiger partial charge in [0, 0.05) is 27.4 Å². The molecule has 0 radical (unpaired) electrons. The normalized spacial score (nSPS) is 11.6. The van der Waals surface area contributed by atoms with E-state index in [0.717, 1.165) is 0 Å². The third kappa shape index (κ3) is 6.21. The molecule has 0 saturated carbocycles. The zero-order valence-corrected chi connectivity index (χ0v) is 19.3. The highest BCUT2D eigenvalue weighted by Gasteiger charge is 2.17. The van der Waals surface area contributed by atoms with Crippen LogP contribution in [0.25, 0.3) is 0 Å². The fraction of sp³-hybridized carbons (Fsp3) is 0.125. The molecule has 4 rings (SSSR count). The third-order valence-electron chi connectivity index (χ3n) is 4.58. The summed E-state index contributed by atoms with van der Waals surface area (Å²) in [6.07, 6.45) is 0. The molecule has 0 aliphatic carbocycles. The molecule has 0 fully saturated rings. The van der Waals surface area contributed by atoms with Crippen LogP contribution in [0.2, 0.25) is 5.02 Å². The van der Waals surface area contributed by atoms with Gasteiger partial charge in [-0.25, -0.2) is 4.79 Å². The third-order valence-corrected chi connectivity index (χ3v) is 5.91. The lowest BCUT2D eigenvalue weighted by Gasteiger charge is -2.10. The molecule has 8 nitrogen and oxygen atoms in total. The number of rotatable bonds is 8. The van der Waals surface area contributed by atoms with Crippen LogP contribution < -0.4 is 20.1 Å². The largest absolute Gasteiger partial charge is 0.454 e. The molecule has 1 aliphatic rings. The monoisotopic (exact) mass is 498 g/mol. The van der Waals surface area contributed by atoms with Gasteiger partial charge in [0.25, 0.3) is 5.91 Å².